The van der Waals surface area contributed by atoms with Crippen molar-refractivity contribution in [1.29, 1.82) is 0 Å². The Labute approximate surface area is 473 Å². The quantitative estimate of drug-likeness (QED) is 0.0168. The summed E-state index contributed by atoms with van der Waals surface area (Å²) in [5, 5.41) is 39.9. The Kier molecular flexibility index (Phi) is 75.4. The first kappa shape index (κ1) is 80.8. The average molecular weight is 1170 g/mol. The molecule has 0 radical (unpaired) electrons. The van der Waals surface area contributed by atoms with Gasteiger partial charge in [0, 0.05) is 30.2 Å². The van der Waals surface area contributed by atoms with Crippen molar-refractivity contribution in [3.63, 3.8) is 0 Å². The van der Waals surface area contributed by atoms with Gasteiger partial charge in [-0.25, -0.2) is 4.57 Å². The highest BCUT2D eigenvalue weighted by Crippen LogP contribution is 2.26. The van der Waals surface area contributed by atoms with Gasteiger partial charge in [-0.05, 0) is 71.8 Å². The number of ether oxygens (including phenoxy) is 2. The van der Waals surface area contributed by atoms with Crippen molar-refractivity contribution >= 4 is 7.82 Å². The third-order valence-electron chi connectivity index (χ3n) is 11.1. The van der Waals surface area contributed by atoms with E-state index < -0.39 is 20.0 Å². The van der Waals surface area contributed by atoms with Gasteiger partial charge in [0.25, 0.3) is 0 Å². The van der Waals surface area contributed by atoms with Gasteiger partial charge in [0.1, 0.15) is 50.5 Å². The maximum atomic E-state index is 8.88. The smallest absolute Gasteiger partial charge is 0.376 e. The molecule has 24 nitrogen and oxygen atoms in total. The van der Waals surface area contributed by atoms with E-state index in [4.69, 9.17) is 58.0 Å². The molecule has 0 bridgehead atoms. The second-order valence-electron chi connectivity index (χ2n) is 18.4. The average Bonchev–Trinajstić information content (AvgIpc) is 3.42. The molecule has 0 rings (SSSR count). The minimum absolute atomic E-state index is 0.235. The Morgan fingerprint density at radius 1 is 0.367 bits per heavy atom. The van der Waals surface area contributed by atoms with Crippen LogP contribution in [0.25, 0.3) is 0 Å². The van der Waals surface area contributed by atoms with Crippen LogP contribution in [-0.4, -0.2) is 66.5 Å². The Bertz CT molecular complexity index is 1160. The number of phosphoric acid groups is 1. The highest BCUT2D eigenvalue weighted by Gasteiger charge is 2.07. The van der Waals surface area contributed by atoms with Crippen LogP contribution in [0.15, 0.2) is 50.4 Å². The van der Waals surface area contributed by atoms with E-state index in [0.29, 0.717) is 13.2 Å². The summed E-state index contributed by atoms with van der Waals surface area (Å²) in [6, 6.07) is 0. The second kappa shape index (κ2) is 73.6. The maximum Gasteiger partial charge on any atom is 0.466 e. The van der Waals surface area contributed by atoms with E-state index in [1.165, 1.54) is 205 Å². The zero-order chi connectivity index (χ0) is 58.3. The Hall–Kier alpha value is -2.37. The number of allylic oxidation sites excluding steroid dienone is 2. The normalized spacial score (nSPS) is 12.2. The highest BCUT2D eigenvalue weighted by atomic mass is 31.2. The van der Waals surface area contributed by atoms with Crippen LogP contribution >= 0.6 is 7.82 Å². The van der Waals surface area contributed by atoms with E-state index in [2.05, 4.69) is 87.2 Å². The fourth-order valence-corrected chi connectivity index (χ4v) is 7.07. The molecular weight excluding hydrogens is 1060 g/mol. The zero-order valence-corrected chi connectivity index (χ0v) is 49.6. The fraction of sp³-hybridized carbons (Fsp3) is 0.852. The summed E-state index contributed by atoms with van der Waals surface area (Å²) in [5.74, 6) is 0. The summed E-state index contributed by atoms with van der Waals surface area (Å²) in [5.41, 5.74) is 0. The van der Waals surface area contributed by atoms with Gasteiger partial charge < -0.3 is 43.7 Å². The van der Waals surface area contributed by atoms with Crippen LogP contribution in [0.3, 0.4) is 0 Å². The number of rotatable bonds is 64. The lowest BCUT2D eigenvalue weighted by atomic mass is 10.0. The van der Waals surface area contributed by atoms with Gasteiger partial charge in [-0.2, -0.15) is 19.6 Å². The topological polar surface area (TPSA) is 262 Å². The molecule has 0 saturated carbocycles. The van der Waals surface area contributed by atoms with Crippen molar-refractivity contribution in [2.75, 3.05) is 39.6 Å². The van der Waals surface area contributed by atoms with Gasteiger partial charge in [-0.1, -0.05) is 220 Å². The first-order chi connectivity index (χ1) is 38.6. The summed E-state index contributed by atoms with van der Waals surface area (Å²) < 4.78 is 19.5. The summed E-state index contributed by atoms with van der Waals surface area (Å²) in [7, 11) is -4.64. The van der Waals surface area contributed by atoms with Gasteiger partial charge in [0.2, 0.25) is 0 Å². The molecule has 0 aromatic rings. The molecule has 0 aromatic heterocycles. The van der Waals surface area contributed by atoms with Crippen LogP contribution < -0.4 is 0 Å². The second-order valence-corrected chi connectivity index (χ2v) is 19.5. The Morgan fingerprint density at radius 3 is 0.899 bits per heavy atom. The number of hydrogen-bond donors (Lipinski definition) is 3. The monoisotopic (exact) mass is 1170 g/mol. The molecule has 472 valence electrons. The Morgan fingerprint density at radius 2 is 0.620 bits per heavy atom. The van der Waals surface area contributed by atoms with Crippen molar-refractivity contribution < 1.29 is 118 Å². The fourth-order valence-electron chi connectivity index (χ4n) is 7.07. The number of unbranched alkanes of at least 4 members (excludes halogenated alkanes) is 32. The molecule has 79 heavy (non-hydrogen) atoms. The first-order valence-corrected chi connectivity index (χ1v) is 30.5. The first-order valence-electron chi connectivity index (χ1n) is 28.9. The van der Waals surface area contributed by atoms with Crippen LogP contribution in [0.2, 0.25) is 0 Å². The summed E-state index contributed by atoms with van der Waals surface area (Å²) in [6.45, 7) is 16.0. The van der Waals surface area contributed by atoms with E-state index in [9.17, 15) is 0 Å². The molecular formula is C54H107O24P. The zero-order valence-electron chi connectivity index (χ0n) is 48.7. The third kappa shape index (κ3) is 89.6. The molecule has 25 heteroatoms. The lowest BCUT2D eigenvalue weighted by Crippen LogP contribution is -2.18. The van der Waals surface area contributed by atoms with Crippen LogP contribution in [0, 0.1) is 0 Å². The SMILES string of the molecule is C=COOOOOOOC(C)COCCOOC=CCCCCCCCCCCCCCCCCCC.C=COOOOOOOC(C)COCCOOC=CCCCCCCCCCCCCCCCCCC.O=P(O)(O)O. The van der Waals surface area contributed by atoms with Gasteiger partial charge in [-0.15, -0.1) is 0 Å². The van der Waals surface area contributed by atoms with Gasteiger partial charge in [0.15, 0.2) is 0 Å². The standard InChI is InChI=1S/2C27H52O10.H3O4P/c2*1-4-6-7-8-9-10-11-12-13-14-15-16-17-18-19-20-21-22-23-30-31-25-24-28-26-27(3)32-34-36-37-35-33-29-5-2;1-5(2,3)4/h2*5,22-23,27H,2,4,6-21,24-26H2,1,3H3;(H3,1,2,3,4). The molecule has 0 aliphatic carbocycles. The van der Waals surface area contributed by atoms with Crippen molar-refractivity contribution in [2.45, 2.75) is 258 Å². The predicted octanol–water partition coefficient (Wildman–Crippen LogP) is 15.6. The molecule has 2 unspecified atom stereocenters. The Balaban J connectivity index is -0.00000134. The minimum Gasteiger partial charge on any atom is -0.376 e. The molecule has 0 fully saturated rings. The molecule has 0 spiro atoms. The minimum atomic E-state index is -4.64. The maximum absolute atomic E-state index is 8.88. The van der Waals surface area contributed by atoms with Crippen LogP contribution in [0.4, 0.5) is 0 Å². The molecule has 0 aromatic carbocycles. The van der Waals surface area contributed by atoms with E-state index in [1.807, 2.05) is 12.2 Å². The lowest BCUT2D eigenvalue weighted by Gasteiger charge is -2.09. The molecule has 0 amide bonds. The van der Waals surface area contributed by atoms with Crippen LogP contribution in [0.5, 0.6) is 0 Å². The van der Waals surface area contributed by atoms with Crippen molar-refractivity contribution in [1.82, 2.24) is 0 Å². The molecule has 0 saturated heterocycles. The van der Waals surface area contributed by atoms with Crippen molar-refractivity contribution in [3.05, 3.63) is 50.4 Å². The summed E-state index contributed by atoms with van der Waals surface area (Å²) in [4.78, 5) is 59.3. The van der Waals surface area contributed by atoms with Gasteiger partial charge in [0.05, 0.1) is 26.4 Å². The van der Waals surface area contributed by atoms with E-state index >= 15 is 0 Å². The molecule has 0 aliphatic heterocycles. The van der Waals surface area contributed by atoms with Gasteiger partial charge in [-0.3, -0.25) is 0 Å². The third-order valence-corrected chi connectivity index (χ3v) is 11.1. The van der Waals surface area contributed by atoms with E-state index in [1.54, 1.807) is 26.4 Å². The van der Waals surface area contributed by atoms with E-state index in [-0.39, 0.29) is 26.4 Å². The molecule has 0 heterocycles. The highest BCUT2D eigenvalue weighted by molar-refractivity contribution is 7.45. The summed E-state index contributed by atoms with van der Waals surface area (Å²) in [6.07, 6.45) is 54.3. The van der Waals surface area contributed by atoms with E-state index in [0.717, 1.165) is 25.4 Å². The predicted molar refractivity (Wildman–Crippen MR) is 291 cm³/mol. The van der Waals surface area contributed by atoms with Crippen molar-refractivity contribution in [3.8, 4) is 0 Å². The van der Waals surface area contributed by atoms with Gasteiger partial charge >= 0.3 is 7.82 Å². The lowest BCUT2D eigenvalue weighted by molar-refractivity contribution is -0.788. The largest absolute Gasteiger partial charge is 0.466 e. The number of hydrogen-bond acceptors (Lipinski definition) is 21. The molecule has 2 atom stereocenters. The summed E-state index contributed by atoms with van der Waals surface area (Å²) >= 11 is 0. The molecule has 0 aliphatic rings. The molecule has 3 N–H and O–H groups in total. The van der Waals surface area contributed by atoms with Crippen LogP contribution in [-0.2, 0) is 104 Å². The van der Waals surface area contributed by atoms with Crippen molar-refractivity contribution in [2.24, 2.45) is 0 Å². The van der Waals surface area contributed by atoms with Crippen LogP contribution in [0.1, 0.15) is 246 Å².